The molecule has 0 saturated carbocycles. The molecule has 0 saturated heterocycles. The predicted molar refractivity (Wildman–Crippen MR) is 122 cm³/mol. The van der Waals surface area contributed by atoms with E-state index in [4.69, 9.17) is 23.2 Å². The summed E-state index contributed by atoms with van der Waals surface area (Å²) in [6.07, 6.45) is 2.66. The maximum Gasteiger partial charge on any atom is 0.288 e. The third kappa shape index (κ3) is 8.27. The number of nitro groups is 2. The number of hydrazone groups is 2. The molecule has 12 nitrogen and oxygen atoms in total. The Morgan fingerprint density at radius 1 is 0.818 bits per heavy atom. The van der Waals surface area contributed by atoms with E-state index < -0.39 is 21.7 Å². The lowest BCUT2D eigenvalue weighted by Crippen LogP contribution is -2.20. The number of carbonyl (C=O) groups excluding carboxylic acids is 2. The Morgan fingerprint density at radius 2 is 1.21 bits per heavy atom. The lowest BCUT2D eigenvalue weighted by atomic mass is 10.2. The first-order valence-electron chi connectivity index (χ1n) is 9.19. The highest BCUT2D eigenvalue weighted by Gasteiger charge is 2.13. The quantitative estimate of drug-likeness (QED) is 0.290. The van der Waals surface area contributed by atoms with Gasteiger partial charge in [-0.3, -0.25) is 29.8 Å². The summed E-state index contributed by atoms with van der Waals surface area (Å²) in [5.41, 5.74) is 4.68. The van der Waals surface area contributed by atoms with Gasteiger partial charge in [-0.15, -0.1) is 0 Å². The molecule has 33 heavy (non-hydrogen) atoms. The van der Waals surface area contributed by atoms with Crippen LogP contribution in [-0.2, 0) is 9.59 Å². The molecule has 2 aromatic carbocycles. The molecule has 2 N–H and O–H groups in total. The van der Waals surface area contributed by atoms with Crippen LogP contribution in [0.15, 0.2) is 46.6 Å². The van der Waals surface area contributed by atoms with Gasteiger partial charge in [0.05, 0.1) is 22.3 Å². The van der Waals surface area contributed by atoms with E-state index in [1.165, 1.54) is 48.8 Å². The Kier molecular flexibility index (Phi) is 9.39. The molecule has 2 rings (SSSR count). The van der Waals surface area contributed by atoms with Gasteiger partial charge in [0.25, 0.3) is 11.4 Å². The smallest absolute Gasteiger partial charge is 0.273 e. The molecule has 0 spiro atoms. The Labute approximate surface area is 196 Å². The molecule has 0 atom stereocenters. The summed E-state index contributed by atoms with van der Waals surface area (Å²) in [4.78, 5) is 44.0. The zero-order valence-corrected chi connectivity index (χ0v) is 18.2. The Balaban J connectivity index is 1.73. The second-order valence-electron chi connectivity index (χ2n) is 6.38. The summed E-state index contributed by atoms with van der Waals surface area (Å²) in [5.74, 6) is -0.918. The van der Waals surface area contributed by atoms with Crippen LogP contribution in [0.5, 0.6) is 0 Å². The summed E-state index contributed by atoms with van der Waals surface area (Å²) in [7, 11) is 0. The molecule has 0 aliphatic heterocycles. The Bertz CT molecular complexity index is 1050. The molecule has 0 unspecified atom stereocenters. The van der Waals surface area contributed by atoms with Crippen molar-refractivity contribution in [2.75, 3.05) is 0 Å². The van der Waals surface area contributed by atoms with Crippen LogP contribution < -0.4 is 10.9 Å². The Hall–Kier alpha value is -3.90. The van der Waals surface area contributed by atoms with Crippen LogP contribution in [0.1, 0.15) is 30.4 Å². The van der Waals surface area contributed by atoms with Crippen molar-refractivity contribution in [2.45, 2.75) is 19.3 Å². The van der Waals surface area contributed by atoms with E-state index in [9.17, 15) is 29.8 Å². The molecule has 0 heterocycles. The zero-order chi connectivity index (χ0) is 24.4. The average Bonchev–Trinajstić information content (AvgIpc) is 2.75. The molecule has 0 aromatic heterocycles. The van der Waals surface area contributed by atoms with Crippen molar-refractivity contribution in [2.24, 2.45) is 10.2 Å². The minimum Gasteiger partial charge on any atom is -0.273 e. The number of hydrogen-bond acceptors (Lipinski definition) is 8. The fraction of sp³-hybridized carbons (Fsp3) is 0.158. The van der Waals surface area contributed by atoms with Crippen LogP contribution in [0.2, 0.25) is 10.0 Å². The van der Waals surface area contributed by atoms with E-state index in [2.05, 4.69) is 21.1 Å². The fourth-order valence-electron chi connectivity index (χ4n) is 2.38. The maximum atomic E-state index is 11.8. The van der Waals surface area contributed by atoms with Gasteiger partial charge in [-0.2, -0.15) is 10.2 Å². The average molecular weight is 495 g/mol. The second-order valence-corrected chi connectivity index (χ2v) is 7.19. The first-order valence-corrected chi connectivity index (χ1v) is 9.94. The van der Waals surface area contributed by atoms with Gasteiger partial charge in [0.15, 0.2) is 0 Å². The lowest BCUT2D eigenvalue weighted by molar-refractivity contribution is -0.384. The molecule has 14 heteroatoms. The van der Waals surface area contributed by atoms with Crippen molar-refractivity contribution in [1.82, 2.24) is 10.9 Å². The largest absolute Gasteiger partial charge is 0.288 e. The van der Waals surface area contributed by atoms with Crippen molar-refractivity contribution in [3.8, 4) is 0 Å². The molecule has 2 amide bonds. The third-order valence-electron chi connectivity index (χ3n) is 3.95. The summed E-state index contributed by atoms with van der Waals surface area (Å²) in [6.45, 7) is 0. The molecule has 0 radical (unpaired) electrons. The fourth-order valence-corrected chi connectivity index (χ4v) is 2.75. The molecule has 172 valence electrons. The third-order valence-corrected chi connectivity index (χ3v) is 4.59. The SMILES string of the molecule is O=C(CCCC(=O)NN=Cc1ccc(Cl)c([N+](=O)[O-])c1)NN=Cc1ccc(Cl)c([N+](=O)[O-])c1. The number of nitro benzene ring substituents is 2. The number of amides is 2. The van der Waals surface area contributed by atoms with Crippen molar-refractivity contribution in [3.05, 3.63) is 77.8 Å². The predicted octanol–water partition coefficient (Wildman–Crippen LogP) is 3.58. The number of hydrogen-bond donors (Lipinski definition) is 2. The van der Waals surface area contributed by atoms with Crippen LogP contribution >= 0.6 is 23.2 Å². The normalized spacial score (nSPS) is 11.0. The van der Waals surface area contributed by atoms with Crippen molar-refractivity contribution in [1.29, 1.82) is 0 Å². The first-order chi connectivity index (χ1) is 15.7. The number of carbonyl (C=O) groups is 2. The minimum absolute atomic E-state index is 0.00137. The molecular weight excluding hydrogens is 479 g/mol. The molecule has 0 aliphatic carbocycles. The van der Waals surface area contributed by atoms with Gasteiger partial charge >= 0.3 is 0 Å². The van der Waals surface area contributed by atoms with Gasteiger partial charge in [-0.25, -0.2) is 10.9 Å². The van der Waals surface area contributed by atoms with E-state index in [0.29, 0.717) is 11.1 Å². The van der Waals surface area contributed by atoms with E-state index in [1.807, 2.05) is 0 Å². The summed E-state index contributed by atoms with van der Waals surface area (Å²) in [6, 6.07) is 8.11. The van der Waals surface area contributed by atoms with Gasteiger partial charge in [-0.05, 0) is 18.6 Å². The van der Waals surface area contributed by atoms with Gasteiger partial charge in [0.1, 0.15) is 10.0 Å². The number of halogens is 2. The van der Waals surface area contributed by atoms with Crippen LogP contribution in [0.3, 0.4) is 0 Å². The zero-order valence-electron chi connectivity index (χ0n) is 16.7. The number of rotatable bonds is 10. The lowest BCUT2D eigenvalue weighted by Gasteiger charge is -2.01. The standard InChI is InChI=1S/C19H16Cl2N6O6/c20-14-6-4-12(8-16(14)26(30)31)10-22-24-18(28)2-1-3-19(29)25-23-11-13-5-7-15(21)17(9-13)27(32)33/h4-11H,1-3H2,(H,24,28)(H,25,29). The van der Waals surface area contributed by atoms with Gasteiger partial charge in [0.2, 0.25) is 11.8 Å². The van der Waals surface area contributed by atoms with Crippen molar-refractivity contribution >= 4 is 58.8 Å². The molecule has 0 bridgehead atoms. The number of benzene rings is 2. The summed E-state index contributed by atoms with van der Waals surface area (Å²) >= 11 is 11.4. The monoisotopic (exact) mass is 494 g/mol. The van der Waals surface area contributed by atoms with Crippen LogP contribution in [0, 0.1) is 20.2 Å². The summed E-state index contributed by atoms with van der Waals surface area (Å²) < 4.78 is 0. The highest BCUT2D eigenvalue weighted by atomic mass is 35.5. The first kappa shape index (κ1) is 25.4. The highest BCUT2D eigenvalue weighted by molar-refractivity contribution is 6.33. The second kappa shape index (κ2) is 12.2. The summed E-state index contributed by atoms with van der Waals surface area (Å²) in [5, 5.41) is 29.1. The Morgan fingerprint density at radius 3 is 1.58 bits per heavy atom. The maximum absolute atomic E-state index is 11.8. The van der Waals surface area contributed by atoms with Crippen LogP contribution in [0.4, 0.5) is 11.4 Å². The van der Waals surface area contributed by atoms with Crippen molar-refractivity contribution in [3.63, 3.8) is 0 Å². The van der Waals surface area contributed by atoms with Crippen LogP contribution in [0.25, 0.3) is 0 Å². The van der Waals surface area contributed by atoms with E-state index >= 15 is 0 Å². The molecule has 0 fully saturated rings. The van der Waals surface area contributed by atoms with Gasteiger partial charge < -0.3 is 0 Å². The minimum atomic E-state index is -0.632. The topological polar surface area (TPSA) is 169 Å². The van der Waals surface area contributed by atoms with E-state index in [1.54, 1.807) is 0 Å². The van der Waals surface area contributed by atoms with Crippen LogP contribution in [-0.4, -0.2) is 34.1 Å². The van der Waals surface area contributed by atoms with E-state index in [0.717, 1.165) is 0 Å². The highest BCUT2D eigenvalue weighted by Crippen LogP contribution is 2.25. The van der Waals surface area contributed by atoms with E-state index in [-0.39, 0.29) is 40.7 Å². The number of nitrogens with zero attached hydrogens (tertiary/aromatic N) is 4. The molecule has 2 aromatic rings. The van der Waals surface area contributed by atoms with Gasteiger partial charge in [0, 0.05) is 36.1 Å². The van der Waals surface area contributed by atoms with Crippen molar-refractivity contribution < 1.29 is 19.4 Å². The van der Waals surface area contributed by atoms with Gasteiger partial charge in [-0.1, -0.05) is 35.3 Å². The number of nitrogens with one attached hydrogen (secondary N) is 2. The molecule has 0 aliphatic rings. The molecular formula is C19H16Cl2N6O6.